The summed E-state index contributed by atoms with van der Waals surface area (Å²) in [7, 11) is -2.06. The van der Waals surface area contributed by atoms with Crippen LogP contribution >= 0.6 is 23.2 Å². The Kier molecular flexibility index (Phi) is 5.51. The summed E-state index contributed by atoms with van der Waals surface area (Å²) in [5, 5.41) is 3.18. The van der Waals surface area contributed by atoms with Gasteiger partial charge >= 0.3 is 0 Å². The van der Waals surface area contributed by atoms with Crippen LogP contribution in [0.3, 0.4) is 0 Å². The number of halogens is 2. The SMILES string of the molecule is CCS(=O)(=O)Nc1c(Nc2nc(Cl)ncc2Cl)cccc1OC. The molecule has 0 atom stereocenters. The minimum Gasteiger partial charge on any atom is -0.494 e. The molecule has 23 heavy (non-hydrogen) atoms. The lowest BCUT2D eigenvalue weighted by atomic mass is 10.2. The van der Waals surface area contributed by atoms with Gasteiger partial charge < -0.3 is 10.1 Å². The highest BCUT2D eigenvalue weighted by Crippen LogP contribution is 2.36. The summed E-state index contributed by atoms with van der Waals surface area (Å²) in [6, 6.07) is 4.98. The molecule has 10 heteroatoms. The smallest absolute Gasteiger partial charge is 0.232 e. The largest absolute Gasteiger partial charge is 0.494 e. The second kappa shape index (κ2) is 7.20. The van der Waals surface area contributed by atoms with Gasteiger partial charge in [-0.05, 0) is 30.7 Å². The molecule has 0 saturated carbocycles. The molecule has 1 aromatic carbocycles. The third-order valence-corrected chi connectivity index (χ3v) is 4.59. The summed E-state index contributed by atoms with van der Waals surface area (Å²) in [6.07, 6.45) is 1.34. The molecule has 0 aliphatic heterocycles. The van der Waals surface area contributed by atoms with Gasteiger partial charge in [0.2, 0.25) is 15.3 Å². The maximum absolute atomic E-state index is 11.9. The molecule has 7 nitrogen and oxygen atoms in total. The molecule has 1 heterocycles. The Morgan fingerprint density at radius 2 is 2.04 bits per heavy atom. The van der Waals surface area contributed by atoms with Gasteiger partial charge in [-0.1, -0.05) is 17.7 Å². The van der Waals surface area contributed by atoms with Crippen LogP contribution < -0.4 is 14.8 Å². The molecule has 2 aromatic rings. The number of rotatable bonds is 6. The first-order valence-electron chi connectivity index (χ1n) is 6.49. The maximum Gasteiger partial charge on any atom is 0.232 e. The molecule has 0 aliphatic carbocycles. The predicted octanol–water partition coefficient (Wildman–Crippen LogP) is 3.30. The van der Waals surface area contributed by atoms with Crippen LogP contribution in [-0.4, -0.2) is 31.2 Å². The van der Waals surface area contributed by atoms with Crippen LogP contribution in [0.2, 0.25) is 10.3 Å². The van der Waals surface area contributed by atoms with E-state index >= 15 is 0 Å². The van der Waals surface area contributed by atoms with E-state index in [2.05, 4.69) is 20.0 Å². The summed E-state index contributed by atoms with van der Waals surface area (Å²) in [6.45, 7) is 1.53. The average Bonchev–Trinajstić information content (AvgIpc) is 2.52. The van der Waals surface area contributed by atoms with Crippen molar-refractivity contribution in [2.24, 2.45) is 0 Å². The van der Waals surface area contributed by atoms with Crippen LogP contribution in [0.5, 0.6) is 5.75 Å². The van der Waals surface area contributed by atoms with Crippen LogP contribution in [0.15, 0.2) is 24.4 Å². The fraction of sp³-hybridized carbons (Fsp3) is 0.231. The van der Waals surface area contributed by atoms with Crippen LogP contribution in [0.4, 0.5) is 17.2 Å². The minimum atomic E-state index is -3.50. The van der Waals surface area contributed by atoms with Crippen molar-refractivity contribution < 1.29 is 13.2 Å². The Bertz CT molecular complexity index is 815. The fourth-order valence-corrected chi connectivity index (χ4v) is 2.64. The second-order valence-corrected chi connectivity index (χ2v) is 7.11. The van der Waals surface area contributed by atoms with Crippen molar-refractivity contribution in [3.8, 4) is 5.75 Å². The number of hydrogen-bond acceptors (Lipinski definition) is 6. The first kappa shape index (κ1) is 17.6. The number of aromatic nitrogens is 2. The minimum absolute atomic E-state index is 0.00971. The normalized spacial score (nSPS) is 11.1. The van der Waals surface area contributed by atoms with Crippen molar-refractivity contribution in [1.29, 1.82) is 0 Å². The van der Waals surface area contributed by atoms with Crippen molar-refractivity contribution in [3.63, 3.8) is 0 Å². The van der Waals surface area contributed by atoms with Gasteiger partial charge in [-0.25, -0.2) is 13.4 Å². The molecule has 0 saturated heterocycles. The molecule has 0 amide bonds. The third kappa shape index (κ3) is 4.37. The highest BCUT2D eigenvalue weighted by molar-refractivity contribution is 7.92. The lowest BCUT2D eigenvalue weighted by Gasteiger charge is -2.16. The number of nitrogens with one attached hydrogen (secondary N) is 2. The quantitative estimate of drug-likeness (QED) is 0.751. The molecule has 1 aromatic heterocycles. The van der Waals surface area contributed by atoms with Crippen molar-refractivity contribution in [1.82, 2.24) is 9.97 Å². The summed E-state index contributed by atoms with van der Waals surface area (Å²) in [5.74, 6) is 0.519. The second-order valence-electron chi connectivity index (χ2n) is 4.35. The molecule has 0 bridgehead atoms. The van der Waals surface area contributed by atoms with Gasteiger partial charge in [-0.3, -0.25) is 4.72 Å². The molecule has 0 fully saturated rings. The van der Waals surface area contributed by atoms with Gasteiger partial charge in [0.05, 0.1) is 24.7 Å². The Hall–Kier alpha value is -1.77. The van der Waals surface area contributed by atoms with Gasteiger partial charge in [-0.2, -0.15) is 4.98 Å². The molecule has 124 valence electrons. The standard InChI is InChI=1S/C13H14Cl2N4O3S/c1-3-23(20,21)19-11-9(5-4-6-10(11)22-2)17-12-8(14)7-16-13(15)18-12/h4-7,19H,3H2,1-2H3,(H,16,17,18). The molecular weight excluding hydrogens is 363 g/mol. The Morgan fingerprint density at radius 1 is 1.30 bits per heavy atom. The highest BCUT2D eigenvalue weighted by atomic mass is 35.5. The van der Waals surface area contributed by atoms with E-state index in [1.807, 2.05) is 0 Å². The van der Waals surface area contributed by atoms with Gasteiger partial charge in [0.1, 0.15) is 16.5 Å². The summed E-state index contributed by atoms with van der Waals surface area (Å²) < 4.78 is 31.5. The van der Waals surface area contributed by atoms with Gasteiger partial charge in [0.15, 0.2) is 5.82 Å². The fourth-order valence-electron chi connectivity index (χ4n) is 1.70. The van der Waals surface area contributed by atoms with Gasteiger partial charge in [-0.15, -0.1) is 0 Å². The molecule has 0 aliphatic rings. The summed E-state index contributed by atoms with van der Waals surface area (Å²) in [4.78, 5) is 7.73. The summed E-state index contributed by atoms with van der Waals surface area (Å²) >= 11 is 11.8. The lowest BCUT2D eigenvalue weighted by Crippen LogP contribution is -2.16. The van der Waals surface area contributed by atoms with Gasteiger partial charge in [0.25, 0.3) is 0 Å². The molecule has 2 rings (SSSR count). The monoisotopic (exact) mass is 376 g/mol. The molecular formula is C13H14Cl2N4O3S. The number of ether oxygens (including phenoxy) is 1. The van der Waals surface area contributed by atoms with E-state index in [0.29, 0.717) is 11.4 Å². The zero-order valence-electron chi connectivity index (χ0n) is 12.3. The van der Waals surface area contributed by atoms with Crippen LogP contribution in [0.1, 0.15) is 6.92 Å². The predicted molar refractivity (Wildman–Crippen MR) is 91.4 cm³/mol. The highest BCUT2D eigenvalue weighted by Gasteiger charge is 2.16. The number of benzene rings is 1. The van der Waals surface area contributed by atoms with Crippen molar-refractivity contribution >= 4 is 50.4 Å². The summed E-state index contributed by atoms with van der Waals surface area (Å²) in [5.41, 5.74) is 0.667. The number of methoxy groups -OCH3 is 1. The van der Waals surface area contributed by atoms with Crippen LogP contribution in [0, 0.1) is 0 Å². The number of nitrogens with zero attached hydrogens (tertiary/aromatic N) is 2. The zero-order valence-corrected chi connectivity index (χ0v) is 14.6. The number of para-hydroxylation sites is 1. The molecule has 2 N–H and O–H groups in total. The van der Waals surface area contributed by atoms with Crippen LogP contribution in [0.25, 0.3) is 0 Å². The Balaban J connectivity index is 2.48. The topological polar surface area (TPSA) is 93.2 Å². The Morgan fingerprint density at radius 3 is 2.70 bits per heavy atom. The zero-order chi connectivity index (χ0) is 17.0. The molecule has 0 spiro atoms. The van der Waals surface area contributed by atoms with Crippen molar-refractivity contribution in [2.45, 2.75) is 6.92 Å². The van der Waals surface area contributed by atoms with E-state index in [1.54, 1.807) is 18.2 Å². The molecule has 0 unspecified atom stereocenters. The van der Waals surface area contributed by atoms with Crippen molar-refractivity contribution in [2.75, 3.05) is 22.9 Å². The van der Waals surface area contributed by atoms with E-state index in [9.17, 15) is 8.42 Å². The van der Waals surface area contributed by atoms with Gasteiger partial charge in [0, 0.05) is 0 Å². The van der Waals surface area contributed by atoms with Crippen LogP contribution in [-0.2, 0) is 10.0 Å². The average molecular weight is 377 g/mol. The van der Waals surface area contributed by atoms with E-state index in [1.165, 1.54) is 20.2 Å². The lowest BCUT2D eigenvalue weighted by molar-refractivity contribution is 0.417. The van der Waals surface area contributed by atoms with E-state index in [0.717, 1.165) is 0 Å². The van der Waals surface area contributed by atoms with E-state index in [-0.39, 0.29) is 27.6 Å². The van der Waals surface area contributed by atoms with Crippen molar-refractivity contribution in [3.05, 3.63) is 34.7 Å². The van der Waals surface area contributed by atoms with E-state index in [4.69, 9.17) is 27.9 Å². The third-order valence-electron chi connectivity index (χ3n) is 2.85. The number of hydrogen-bond donors (Lipinski definition) is 2. The Labute approximate surface area is 144 Å². The number of anilines is 3. The first-order valence-corrected chi connectivity index (χ1v) is 8.89. The van der Waals surface area contributed by atoms with E-state index < -0.39 is 10.0 Å². The number of sulfonamides is 1. The maximum atomic E-state index is 11.9. The first-order chi connectivity index (χ1) is 10.9. The molecule has 0 radical (unpaired) electrons.